The van der Waals surface area contributed by atoms with Gasteiger partial charge in [0.2, 0.25) is 0 Å². The van der Waals surface area contributed by atoms with E-state index >= 15 is 0 Å². The van der Waals surface area contributed by atoms with Crippen molar-refractivity contribution >= 4 is 0 Å². The first-order chi connectivity index (χ1) is 10.2. The molecule has 21 heavy (non-hydrogen) atoms. The van der Waals surface area contributed by atoms with Crippen LogP contribution in [0.25, 0.3) is 0 Å². The Morgan fingerprint density at radius 2 is 2.14 bits per heavy atom. The van der Waals surface area contributed by atoms with Crippen LogP contribution >= 0.6 is 0 Å². The molecule has 4 heteroatoms. The van der Waals surface area contributed by atoms with Crippen molar-refractivity contribution in [2.24, 2.45) is 7.05 Å². The van der Waals surface area contributed by atoms with Gasteiger partial charge in [0.1, 0.15) is 0 Å². The van der Waals surface area contributed by atoms with E-state index < -0.39 is 0 Å². The molecule has 1 aromatic heterocycles. The van der Waals surface area contributed by atoms with Gasteiger partial charge in [-0.2, -0.15) is 0 Å². The van der Waals surface area contributed by atoms with Crippen LogP contribution in [0.4, 0.5) is 0 Å². The number of likely N-dealkylation sites (tertiary alicyclic amines) is 1. The molecule has 0 amide bonds. The van der Waals surface area contributed by atoms with Crippen LogP contribution in [0.1, 0.15) is 37.9 Å². The highest BCUT2D eigenvalue weighted by Gasteiger charge is 2.26. The number of aromatic nitrogens is 1. The highest BCUT2D eigenvalue weighted by atomic mass is 16.5. The molecule has 2 fully saturated rings. The second-order valence-electron chi connectivity index (χ2n) is 6.57. The summed E-state index contributed by atoms with van der Waals surface area (Å²) in [4.78, 5) is 5.25. The third kappa shape index (κ3) is 3.68. The Bertz CT molecular complexity index is 445. The summed E-state index contributed by atoms with van der Waals surface area (Å²) in [5.41, 5.74) is 1.48. The Labute approximate surface area is 128 Å². The monoisotopic (exact) mass is 291 g/mol. The number of hydrogen-bond acceptors (Lipinski definition) is 3. The number of nitrogens with zero attached hydrogens (tertiary/aromatic N) is 3. The topological polar surface area (TPSA) is 20.6 Å². The van der Waals surface area contributed by atoms with Crippen LogP contribution in [-0.2, 0) is 11.8 Å². The molecule has 0 N–H and O–H groups in total. The van der Waals surface area contributed by atoms with Gasteiger partial charge in [-0.15, -0.1) is 0 Å². The largest absolute Gasteiger partial charge is 0.376 e. The van der Waals surface area contributed by atoms with Crippen molar-refractivity contribution in [3.63, 3.8) is 0 Å². The Morgan fingerprint density at radius 3 is 2.90 bits per heavy atom. The van der Waals surface area contributed by atoms with Crippen LogP contribution in [0.3, 0.4) is 0 Å². The molecule has 0 bridgehead atoms. The highest BCUT2D eigenvalue weighted by molar-refractivity contribution is 5.12. The van der Waals surface area contributed by atoms with E-state index in [2.05, 4.69) is 46.7 Å². The second kappa shape index (κ2) is 6.95. The zero-order chi connectivity index (χ0) is 14.7. The summed E-state index contributed by atoms with van der Waals surface area (Å²) >= 11 is 0. The van der Waals surface area contributed by atoms with E-state index in [1.54, 1.807) is 0 Å². The fourth-order valence-electron chi connectivity index (χ4n) is 3.78. The third-order valence-electron chi connectivity index (χ3n) is 4.97. The third-order valence-corrected chi connectivity index (χ3v) is 4.97. The summed E-state index contributed by atoms with van der Waals surface area (Å²) < 4.78 is 7.93. The lowest BCUT2D eigenvalue weighted by atomic mass is 9.99. The van der Waals surface area contributed by atoms with E-state index in [4.69, 9.17) is 4.74 Å². The van der Waals surface area contributed by atoms with E-state index in [-0.39, 0.29) is 0 Å². The lowest BCUT2D eigenvalue weighted by Gasteiger charge is -2.38. The van der Waals surface area contributed by atoms with Gasteiger partial charge in [0, 0.05) is 45.1 Å². The normalized spacial score (nSPS) is 28.9. The van der Waals surface area contributed by atoms with Gasteiger partial charge in [0.15, 0.2) is 0 Å². The molecule has 0 unspecified atom stereocenters. The smallest absolute Gasteiger partial charge is 0.0674 e. The molecule has 0 aliphatic carbocycles. The number of morpholine rings is 1. The van der Waals surface area contributed by atoms with Crippen LogP contribution in [0.2, 0.25) is 0 Å². The zero-order valence-corrected chi connectivity index (χ0v) is 13.5. The van der Waals surface area contributed by atoms with Crippen molar-refractivity contribution in [1.82, 2.24) is 14.4 Å². The molecule has 3 heterocycles. The molecule has 2 saturated heterocycles. The van der Waals surface area contributed by atoms with Gasteiger partial charge in [-0.05, 0) is 38.4 Å². The van der Waals surface area contributed by atoms with Crippen molar-refractivity contribution in [2.75, 3.05) is 39.3 Å². The van der Waals surface area contributed by atoms with Crippen LogP contribution in [0, 0.1) is 0 Å². The first-order valence-electron chi connectivity index (χ1n) is 8.43. The maximum absolute atomic E-state index is 5.64. The summed E-state index contributed by atoms with van der Waals surface area (Å²) in [5.74, 6) is 0. The van der Waals surface area contributed by atoms with E-state index in [0.717, 1.165) is 19.7 Å². The molecule has 0 saturated carbocycles. The molecule has 0 radical (unpaired) electrons. The SMILES string of the molecule is C[C@H]1CN(CCN2CCCC[C@@H]2c2cccn2C)CCO1. The molecule has 3 rings (SSSR count). The maximum atomic E-state index is 5.64. The first kappa shape index (κ1) is 15.1. The van der Waals surface area contributed by atoms with Gasteiger partial charge in [-0.3, -0.25) is 9.80 Å². The average Bonchev–Trinajstić information content (AvgIpc) is 2.91. The summed E-state index contributed by atoms with van der Waals surface area (Å²) in [5, 5.41) is 0. The van der Waals surface area contributed by atoms with Crippen LogP contribution in [-0.4, -0.2) is 59.8 Å². The highest BCUT2D eigenvalue weighted by Crippen LogP contribution is 2.30. The predicted octanol–water partition coefficient (Wildman–Crippen LogP) is 2.27. The number of hydrogen-bond donors (Lipinski definition) is 0. The quantitative estimate of drug-likeness (QED) is 0.849. The molecule has 1 aromatic rings. The van der Waals surface area contributed by atoms with Gasteiger partial charge in [0.25, 0.3) is 0 Å². The summed E-state index contributed by atoms with van der Waals surface area (Å²) in [6, 6.07) is 5.07. The molecular weight excluding hydrogens is 262 g/mol. The number of rotatable bonds is 4. The molecule has 4 nitrogen and oxygen atoms in total. The number of ether oxygens (including phenoxy) is 1. The Hall–Kier alpha value is -0.840. The van der Waals surface area contributed by atoms with Crippen molar-refractivity contribution in [3.05, 3.63) is 24.0 Å². The number of aryl methyl sites for hydroxylation is 1. The Kier molecular flexibility index (Phi) is 4.99. The van der Waals surface area contributed by atoms with Crippen LogP contribution < -0.4 is 0 Å². The minimum atomic E-state index is 0.392. The molecular formula is C17H29N3O. The summed E-state index contributed by atoms with van der Waals surface area (Å²) in [6.07, 6.45) is 6.58. The maximum Gasteiger partial charge on any atom is 0.0674 e. The van der Waals surface area contributed by atoms with Crippen LogP contribution in [0.15, 0.2) is 18.3 Å². The van der Waals surface area contributed by atoms with Gasteiger partial charge in [-0.25, -0.2) is 0 Å². The lowest BCUT2D eigenvalue weighted by molar-refractivity contribution is -0.0229. The first-order valence-corrected chi connectivity index (χ1v) is 8.43. The van der Waals surface area contributed by atoms with E-state index in [9.17, 15) is 0 Å². The summed E-state index contributed by atoms with van der Waals surface area (Å²) in [7, 11) is 2.17. The fraction of sp³-hybridized carbons (Fsp3) is 0.765. The zero-order valence-electron chi connectivity index (χ0n) is 13.5. The van der Waals surface area contributed by atoms with E-state index in [0.29, 0.717) is 12.1 Å². The molecule has 2 aliphatic heterocycles. The van der Waals surface area contributed by atoms with Crippen molar-refractivity contribution in [2.45, 2.75) is 38.3 Å². The van der Waals surface area contributed by atoms with Gasteiger partial charge >= 0.3 is 0 Å². The lowest BCUT2D eigenvalue weighted by Crippen LogP contribution is -2.46. The number of piperidine rings is 1. The van der Waals surface area contributed by atoms with Crippen molar-refractivity contribution in [3.8, 4) is 0 Å². The molecule has 0 spiro atoms. The second-order valence-corrected chi connectivity index (χ2v) is 6.57. The van der Waals surface area contributed by atoms with Gasteiger partial charge in [-0.1, -0.05) is 6.42 Å². The Morgan fingerprint density at radius 1 is 1.24 bits per heavy atom. The molecule has 0 aromatic carbocycles. The van der Waals surface area contributed by atoms with Gasteiger partial charge in [0.05, 0.1) is 18.8 Å². The van der Waals surface area contributed by atoms with Crippen molar-refractivity contribution in [1.29, 1.82) is 0 Å². The minimum Gasteiger partial charge on any atom is -0.376 e. The van der Waals surface area contributed by atoms with Gasteiger partial charge < -0.3 is 9.30 Å². The molecule has 118 valence electrons. The molecule has 2 aliphatic rings. The molecule has 2 atom stereocenters. The Balaban J connectivity index is 1.58. The predicted molar refractivity (Wildman–Crippen MR) is 85.4 cm³/mol. The average molecular weight is 291 g/mol. The standard InChI is InChI=1S/C17H29N3O/c1-15-14-19(12-13-21-15)10-11-20-9-4-3-6-17(20)16-7-5-8-18(16)2/h5,7-8,15,17H,3-4,6,9-14H2,1-2H3/t15-,17+/m0/s1. The fourth-order valence-corrected chi connectivity index (χ4v) is 3.78. The van der Waals surface area contributed by atoms with E-state index in [1.165, 1.54) is 44.6 Å². The van der Waals surface area contributed by atoms with Crippen LogP contribution in [0.5, 0.6) is 0 Å². The minimum absolute atomic E-state index is 0.392. The van der Waals surface area contributed by atoms with E-state index in [1.807, 2.05) is 0 Å². The van der Waals surface area contributed by atoms with Crippen molar-refractivity contribution < 1.29 is 4.74 Å². The summed E-state index contributed by atoms with van der Waals surface area (Å²) in [6.45, 7) is 8.85.